The van der Waals surface area contributed by atoms with E-state index in [1.54, 1.807) is 13.0 Å². The highest BCUT2D eigenvalue weighted by atomic mass is 35.5. The molecule has 2 aromatic rings. The number of ether oxygens (including phenoxy) is 1. The lowest BCUT2D eigenvalue weighted by molar-refractivity contribution is -0.146. The van der Waals surface area contributed by atoms with Crippen LogP contribution in [0.25, 0.3) is 0 Å². The number of hydrogen-bond acceptors (Lipinski definition) is 4. The maximum absolute atomic E-state index is 12.0. The molecule has 2 aromatic carbocycles. The van der Waals surface area contributed by atoms with Crippen molar-refractivity contribution < 1.29 is 14.3 Å². The zero-order chi connectivity index (χ0) is 18.4. The molecule has 0 heterocycles. The summed E-state index contributed by atoms with van der Waals surface area (Å²) in [6.45, 7) is 5.19. The van der Waals surface area contributed by atoms with Gasteiger partial charge in [0.1, 0.15) is 5.25 Å². The van der Waals surface area contributed by atoms with Gasteiger partial charge in [0.25, 0.3) is 5.91 Å². The zero-order valence-electron chi connectivity index (χ0n) is 14.3. The van der Waals surface area contributed by atoms with Gasteiger partial charge in [0, 0.05) is 4.90 Å². The molecule has 25 heavy (non-hydrogen) atoms. The summed E-state index contributed by atoms with van der Waals surface area (Å²) in [6.07, 6.45) is 0. The standard InChI is InChI=1S/C19H20ClNO3S/c1-12-9-13(2)18(16(20)10-12)21-17(22)11-24-19(23)14(3)25-15-7-5-4-6-8-15/h4-10,14H,11H2,1-3H3,(H,21,22)/t14-/m1/s1. The van der Waals surface area contributed by atoms with Crippen LogP contribution in [-0.4, -0.2) is 23.7 Å². The molecule has 0 aliphatic heterocycles. The van der Waals surface area contributed by atoms with Gasteiger partial charge in [0.2, 0.25) is 0 Å². The lowest BCUT2D eigenvalue weighted by Crippen LogP contribution is -2.25. The van der Waals surface area contributed by atoms with E-state index < -0.39 is 17.1 Å². The molecular weight excluding hydrogens is 358 g/mol. The van der Waals surface area contributed by atoms with Crippen molar-refractivity contribution in [1.29, 1.82) is 0 Å². The van der Waals surface area contributed by atoms with Crippen LogP contribution in [0.5, 0.6) is 0 Å². The first-order valence-corrected chi connectivity index (χ1v) is 9.07. The molecule has 0 saturated heterocycles. The molecule has 1 N–H and O–H groups in total. The second-order valence-corrected chi connectivity index (χ2v) is 7.49. The second kappa shape index (κ2) is 8.92. The van der Waals surface area contributed by atoms with Gasteiger partial charge in [-0.1, -0.05) is 35.9 Å². The molecular formula is C19H20ClNO3S. The minimum Gasteiger partial charge on any atom is -0.455 e. The first-order chi connectivity index (χ1) is 11.9. The van der Waals surface area contributed by atoms with Crippen molar-refractivity contribution in [2.45, 2.75) is 30.9 Å². The molecule has 0 saturated carbocycles. The number of nitrogens with one attached hydrogen (secondary N) is 1. The first kappa shape index (κ1) is 19.3. The van der Waals surface area contributed by atoms with E-state index in [4.69, 9.17) is 16.3 Å². The lowest BCUT2D eigenvalue weighted by Gasteiger charge is -2.13. The Morgan fingerprint density at radius 1 is 1.20 bits per heavy atom. The van der Waals surface area contributed by atoms with Gasteiger partial charge < -0.3 is 10.1 Å². The highest BCUT2D eigenvalue weighted by Crippen LogP contribution is 2.27. The third kappa shape index (κ3) is 5.80. The van der Waals surface area contributed by atoms with Crippen molar-refractivity contribution in [3.63, 3.8) is 0 Å². The van der Waals surface area contributed by atoms with Gasteiger partial charge in [-0.15, -0.1) is 11.8 Å². The van der Waals surface area contributed by atoms with E-state index in [2.05, 4.69) is 5.32 Å². The van der Waals surface area contributed by atoms with E-state index in [1.165, 1.54) is 11.8 Å². The van der Waals surface area contributed by atoms with Crippen molar-refractivity contribution in [2.24, 2.45) is 0 Å². The first-order valence-electron chi connectivity index (χ1n) is 7.81. The van der Waals surface area contributed by atoms with Gasteiger partial charge in [-0.25, -0.2) is 0 Å². The maximum Gasteiger partial charge on any atom is 0.319 e. The van der Waals surface area contributed by atoms with Crippen molar-refractivity contribution in [1.82, 2.24) is 0 Å². The highest BCUT2D eigenvalue weighted by Gasteiger charge is 2.18. The molecule has 4 nitrogen and oxygen atoms in total. The minimum absolute atomic E-state index is 0.345. The average Bonchev–Trinajstić information content (AvgIpc) is 2.56. The Balaban J connectivity index is 1.86. The number of rotatable bonds is 6. The Bertz CT molecular complexity index is 742. The van der Waals surface area contributed by atoms with Gasteiger partial charge in [-0.05, 0) is 50.1 Å². The summed E-state index contributed by atoms with van der Waals surface area (Å²) < 4.78 is 5.10. The van der Waals surface area contributed by atoms with Gasteiger partial charge in [-0.2, -0.15) is 0 Å². The number of carbonyl (C=O) groups excluding carboxylic acids is 2. The van der Waals surface area contributed by atoms with E-state index >= 15 is 0 Å². The smallest absolute Gasteiger partial charge is 0.319 e. The van der Waals surface area contributed by atoms with E-state index in [-0.39, 0.29) is 6.61 Å². The number of amides is 1. The van der Waals surface area contributed by atoms with Crippen LogP contribution >= 0.6 is 23.4 Å². The molecule has 132 valence electrons. The van der Waals surface area contributed by atoms with Crippen LogP contribution < -0.4 is 5.32 Å². The highest BCUT2D eigenvalue weighted by molar-refractivity contribution is 8.00. The molecule has 0 unspecified atom stereocenters. The molecule has 2 rings (SSSR count). The minimum atomic E-state index is -0.435. The van der Waals surface area contributed by atoms with Gasteiger partial charge in [-0.3, -0.25) is 9.59 Å². The molecule has 1 atom stereocenters. The Kier molecular flexibility index (Phi) is 6.91. The van der Waals surface area contributed by atoms with Crippen LogP contribution in [0, 0.1) is 13.8 Å². The topological polar surface area (TPSA) is 55.4 Å². The quantitative estimate of drug-likeness (QED) is 0.589. The van der Waals surface area contributed by atoms with E-state index in [1.807, 2.05) is 50.2 Å². The van der Waals surface area contributed by atoms with E-state index in [0.29, 0.717) is 10.7 Å². The summed E-state index contributed by atoms with van der Waals surface area (Å²) in [7, 11) is 0. The summed E-state index contributed by atoms with van der Waals surface area (Å²) in [5, 5.41) is 2.76. The molecule has 0 spiro atoms. The fourth-order valence-corrected chi connectivity index (χ4v) is 3.51. The van der Waals surface area contributed by atoms with Crippen molar-refractivity contribution >= 4 is 40.9 Å². The lowest BCUT2D eigenvalue weighted by atomic mass is 10.1. The van der Waals surface area contributed by atoms with Gasteiger partial charge in [0.05, 0.1) is 10.7 Å². The molecule has 0 aromatic heterocycles. The molecule has 0 bridgehead atoms. The SMILES string of the molecule is Cc1cc(C)c(NC(=O)COC(=O)[C@@H](C)Sc2ccccc2)c(Cl)c1. The van der Waals surface area contributed by atoms with Crippen LogP contribution in [0.3, 0.4) is 0 Å². The van der Waals surface area contributed by atoms with Crippen LogP contribution in [0.2, 0.25) is 5.02 Å². The second-order valence-electron chi connectivity index (χ2n) is 5.67. The van der Waals surface area contributed by atoms with Crippen molar-refractivity contribution in [3.8, 4) is 0 Å². The molecule has 0 radical (unpaired) electrons. The number of thioether (sulfide) groups is 1. The zero-order valence-corrected chi connectivity index (χ0v) is 15.9. The van der Waals surface area contributed by atoms with Crippen LogP contribution in [0.1, 0.15) is 18.1 Å². The third-order valence-electron chi connectivity index (χ3n) is 3.43. The molecule has 0 aliphatic carbocycles. The molecule has 0 aliphatic rings. The summed E-state index contributed by atoms with van der Waals surface area (Å²) in [6, 6.07) is 13.3. The Labute approximate surface area is 156 Å². The van der Waals surface area contributed by atoms with Crippen LogP contribution in [0.4, 0.5) is 5.69 Å². The average molecular weight is 378 g/mol. The Morgan fingerprint density at radius 3 is 2.52 bits per heavy atom. The van der Waals surface area contributed by atoms with Gasteiger partial charge >= 0.3 is 5.97 Å². The summed E-state index contributed by atoms with van der Waals surface area (Å²) in [4.78, 5) is 25.0. The Hall–Kier alpha value is -1.98. The summed E-state index contributed by atoms with van der Waals surface area (Å²) in [5.74, 6) is -0.852. The fraction of sp³-hybridized carbons (Fsp3) is 0.263. The number of aryl methyl sites for hydroxylation is 2. The number of anilines is 1. The van der Waals surface area contributed by atoms with Gasteiger partial charge in [0.15, 0.2) is 6.61 Å². The molecule has 1 amide bonds. The Morgan fingerprint density at radius 2 is 1.88 bits per heavy atom. The van der Waals surface area contributed by atoms with Crippen molar-refractivity contribution in [3.05, 3.63) is 58.6 Å². The van der Waals surface area contributed by atoms with E-state index in [9.17, 15) is 9.59 Å². The molecule has 6 heteroatoms. The number of benzene rings is 2. The predicted octanol–water partition coefficient (Wildman–Crippen LogP) is 4.62. The number of halogens is 1. The molecule has 0 fully saturated rings. The maximum atomic E-state index is 12.0. The monoisotopic (exact) mass is 377 g/mol. The number of hydrogen-bond donors (Lipinski definition) is 1. The summed E-state index contributed by atoms with van der Waals surface area (Å²) in [5.41, 5.74) is 2.41. The van der Waals surface area contributed by atoms with Crippen LogP contribution in [-0.2, 0) is 14.3 Å². The normalized spacial score (nSPS) is 11.7. The predicted molar refractivity (Wildman–Crippen MR) is 102 cm³/mol. The largest absolute Gasteiger partial charge is 0.455 e. The summed E-state index contributed by atoms with van der Waals surface area (Å²) >= 11 is 7.54. The third-order valence-corrected chi connectivity index (χ3v) is 4.82. The fourth-order valence-electron chi connectivity index (χ4n) is 2.25. The van der Waals surface area contributed by atoms with Crippen molar-refractivity contribution in [2.75, 3.05) is 11.9 Å². The number of carbonyl (C=O) groups is 2. The van der Waals surface area contributed by atoms with Crippen LogP contribution in [0.15, 0.2) is 47.4 Å². The number of esters is 1. The van der Waals surface area contributed by atoms with E-state index in [0.717, 1.165) is 16.0 Å².